The molecule has 0 aromatic heterocycles. The van der Waals surface area contributed by atoms with Gasteiger partial charge >= 0.3 is 0 Å². The van der Waals surface area contributed by atoms with Crippen LogP contribution in [0.25, 0.3) is 0 Å². The highest BCUT2D eigenvalue weighted by Crippen LogP contribution is 2.28. The van der Waals surface area contributed by atoms with Gasteiger partial charge in [-0.05, 0) is 78.7 Å². The topological polar surface area (TPSA) is 22.9 Å². The summed E-state index contributed by atoms with van der Waals surface area (Å²) in [6, 6.07) is 4.26. The third kappa shape index (κ3) is 5.90. The maximum Gasteiger partial charge on any atom is 0.133 e. The molecule has 2 rings (SSSR count). The zero-order chi connectivity index (χ0) is 15.8. The van der Waals surface area contributed by atoms with Gasteiger partial charge in [0.2, 0.25) is 0 Å². The van der Waals surface area contributed by atoms with Gasteiger partial charge in [-0.3, -0.25) is 0 Å². The number of nitrogens with one attached hydrogen (secondary N) is 1. The largest absolute Gasteiger partial charge is 0.492 e. The Balaban J connectivity index is 1.55. The summed E-state index contributed by atoms with van der Waals surface area (Å²) in [6.07, 6.45) is 5.02. The van der Waals surface area contributed by atoms with Gasteiger partial charge in [0.1, 0.15) is 18.8 Å². The smallest absolute Gasteiger partial charge is 0.133 e. The third-order valence-corrected chi connectivity index (χ3v) is 5.05. The predicted molar refractivity (Wildman–Crippen MR) is 94.0 cm³/mol. The number of hydrogen-bond acceptors (Lipinski definition) is 2. The molecule has 0 radical (unpaired) electrons. The molecular formula is C18H29BrNO2+. The third-order valence-electron chi connectivity index (χ3n) is 4.43. The summed E-state index contributed by atoms with van der Waals surface area (Å²) < 4.78 is 12.3. The summed E-state index contributed by atoms with van der Waals surface area (Å²) in [6.45, 7) is 10.6. The predicted octanol–water partition coefficient (Wildman–Crippen LogP) is 2.92. The Kier molecular flexibility index (Phi) is 7.70. The van der Waals surface area contributed by atoms with Crippen molar-refractivity contribution in [1.82, 2.24) is 0 Å². The normalized spacial score (nSPS) is 16.0. The number of benzene rings is 1. The van der Waals surface area contributed by atoms with Crippen molar-refractivity contribution in [2.45, 2.75) is 39.5 Å². The minimum atomic E-state index is 0.811. The van der Waals surface area contributed by atoms with Crippen molar-refractivity contribution in [1.29, 1.82) is 0 Å². The minimum absolute atomic E-state index is 0.811. The molecule has 4 heteroatoms. The molecule has 0 aliphatic carbocycles. The molecule has 1 aliphatic rings. The zero-order valence-electron chi connectivity index (χ0n) is 13.9. The molecule has 1 aromatic carbocycles. The maximum absolute atomic E-state index is 5.90. The van der Waals surface area contributed by atoms with E-state index in [0.717, 1.165) is 36.5 Å². The van der Waals surface area contributed by atoms with Gasteiger partial charge in [-0.25, -0.2) is 0 Å². The second-order valence-electron chi connectivity index (χ2n) is 6.24. The average molecular weight is 371 g/mol. The van der Waals surface area contributed by atoms with Crippen molar-refractivity contribution in [3.63, 3.8) is 0 Å². The summed E-state index contributed by atoms with van der Waals surface area (Å²) in [7, 11) is 0. The van der Waals surface area contributed by atoms with E-state index in [4.69, 9.17) is 9.47 Å². The number of hydrogen-bond donors (Lipinski definition) is 1. The quantitative estimate of drug-likeness (QED) is 0.711. The van der Waals surface area contributed by atoms with Crippen LogP contribution >= 0.6 is 15.9 Å². The molecule has 3 nitrogen and oxygen atoms in total. The maximum atomic E-state index is 5.90. The van der Waals surface area contributed by atoms with Crippen LogP contribution in [0.4, 0.5) is 0 Å². The van der Waals surface area contributed by atoms with Crippen LogP contribution in [0.3, 0.4) is 0 Å². The van der Waals surface area contributed by atoms with E-state index in [0.29, 0.717) is 0 Å². The van der Waals surface area contributed by atoms with Gasteiger partial charge < -0.3 is 14.4 Å². The molecule has 1 N–H and O–H groups in total. The lowest BCUT2D eigenvalue weighted by Gasteiger charge is -2.23. The molecule has 0 amide bonds. The van der Waals surface area contributed by atoms with E-state index < -0.39 is 0 Å². The molecule has 0 saturated carbocycles. The Morgan fingerprint density at radius 1 is 1.05 bits per heavy atom. The number of halogens is 1. The molecular weight excluding hydrogens is 342 g/mol. The van der Waals surface area contributed by atoms with Gasteiger partial charge in [-0.1, -0.05) is 0 Å². The number of unbranched alkanes of at least 4 members (excludes halogenated alkanes) is 3. The lowest BCUT2D eigenvalue weighted by Crippen LogP contribution is -3.14. The number of ether oxygens (including phenoxy) is 2. The fraction of sp³-hybridized carbons (Fsp3) is 0.667. The van der Waals surface area contributed by atoms with Crippen LogP contribution in [0.15, 0.2) is 16.6 Å². The standard InChI is InChI=1S/C18H28BrNO2/c1-15-13-17(19)18(14-16(15)2)22-10-6-4-3-5-7-20-8-11-21-12-9-20/h13-14H,3-12H2,1-2H3/p+1. The molecule has 0 bridgehead atoms. The molecule has 22 heavy (non-hydrogen) atoms. The van der Waals surface area contributed by atoms with E-state index in [2.05, 4.69) is 41.9 Å². The van der Waals surface area contributed by atoms with Crippen LogP contribution in [0.1, 0.15) is 36.8 Å². The fourth-order valence-corrected chi connectivity index (χ4v) is 3.36. The second kappa shape index (κ2) is 9.53. The van der Waals surface area contributed by atoms with Crippen molar-refractivity contribution in [3.8, 4) is 5.75 Å². The summed E-state index contributed by atoms with van der Waals surface area (Å²) in [4.78, 5) is 1.71. The van der Waals surface area contributed by atoms with E-state index >= 15 is 0 Å². The SMILES string of the molecule is Cc1cc(Br)c(OCCCCCC[NH+]2CCOCC2)cc1C. The van der Waals surface area contributed by atoms with E-state index in [1.807, 2.05) is 0 Å². The summed E-state index contributed by atoms with van der Waals surface area (Å²) in [5.41, 5.74) is 2.58. The Bertz CT molecular complexity index is 459. The van der Waals surface area contributed by atoms with Crippen LogP contribution in [0, 0.1) is 13.8 Å². The zero-order valence-corrected chi connectivity index (χ0v) is 15.5. The Morgan fingerprint density at radius 3 is 2.50 bits per heavy atom. The van der Waals surface area contributed by atoms with Crippen LogP contribution in [-0.4, -0.2) is 39.5 Å². The van der Waals surface area contributed by atoms with Gasteiger partial charge in [0, 0.05) is 0 Å². The van der Waals surface area contributed by atoms with E-state index in [1.54, 1.807) is 4.90 Å². The van der Waals surface area contributed by atoms with Crippen LogP contribution in [-0.2, 0) is 4.74 Å². The summed E-state index contributed by atoms with van der Waals surface area (Å²) in [5, 5.41) is 0. The Hall–Kier alpha value is -0.580. The number of quaternary nitrogens is 1. The molecule has 1 heterocycles. The van der Waals surface area contributed by atoms with Crippen molar-refractivity contribution < 1.29 is 14.4 Å². The first-order valence-electron chi connectivity index (χ1n) is 8.47. The van der Waals surface area contributed by atoms with Gasteiger partial charge in [0.05, 0.1) is 30.8 Å². The lowest BCUT2D eigenvalue weighted by molar-refractivity contribution is -0.908. The first-order chi connectivity index (χ1) is 10.7. The molecule has 1 fully saturated rings. The van der Waals surface area contributed by atoms with Crippen molar-refractivity contribution in [2.75, 3.05) is 39.5 Å². The monoisotopic (exact) mass is 370 g/mol. The molecule has 0 atom stereocenters. The van der Waals surface area contributed by atoms with Crippen molar-refractivity contribution in [3.05, 3.63) is 27.7 Å². The fourth-order valence-electron chi connectivity index (χ4n) is 2.79. The van der Waals surface area contributed by atoms with E-state index in [1.165, 1.54) is 50.0 Å². The molecule has 124 valence electrons. The highest BCUT2D eigenvalue weighted by Gasteiger charge is 2.12. The van der Waals surface area contributed by atoms with Crippen molar-refractivity contribution >= 4 is 15.9 Å². The van der Waals surface area contributed by atoms with Gasteiger partial charge in [0.25, 0.3) is 0 Å². The second-order valence-corrected chi connectivity index (χ2v) is 7.10. The Labute approximate surface area is 143 Å². The van der Waals surface area contributed by atoms with Gasteiger partial charge in [0.15, 0.2) is 0 Å². The van der Waals surface area contributed by atoms with E-state index in [9.17, 15) is 0 Å². The highest BCUT2D eigenvalue weighted by atomic mass is 79.9. The molecule has 0 spiro atoms. The summed E-state index contributed by atoms with van der Waals surface area (Å²) >= 11 is 3.58. The first kappa shape index (κ1) is 17.8. The number of morpholine rings is 1. The molecule has 1 aromatic rings. The van der Waals surface area contributed by atoms with Crippen LogP contribution in [0.5, 0.6) is 5.75 Å². The van der Waals surface area contributed by atoms with Gasteiger partial charge in [-0.15, -0.1) is 0 Å². The highest BCUT2D eigenvalue weighted by molar-refractivity contribution is 9.10. The lowest BCUT2D eigenvalue weighted by atomic mass is 10.1. The Morgan fingerprint density at radius 2 is 1.73 bits per heavy atom. The van der Waals surface area contributed by atoms with Crippen molar-refractivity contribution in [2.24, 2.45) is 0 Å². The molecule has 1 aliphatic heterocycles. The minimum Gasteiger partial charge on any atom is -0.492 e. The van der Waals surface area contributed by atoms with Gasteiger partial charge in [-0.2, -0.15) is 0 Å². The van der Waals surface area contributed by atoms with E-state index in [-0.39, 0.29) is 0 Å². The summed E-state index contributed by atoms with van der Waals surface area (Å²) in [5.74, 6) is 0.973. The number of rotatable bonds is 8. The average Bonchev–Trinajstić information content (AvgIpc) is 2.52. The molecule has 1 saturated heterocycles. The number of aryl methyl sites for hydroxylation is 2. The van der Waals surface area contributed by atoms with Crippen LogP contribution in [0.2, 0.25) is 0 Å². The first-order valence-corrected chi connectivity index (χ1v) is 9.27. The van der Waals surface area contributed by atoms with Crippen LogP contribution < -0.4 is 9.64 Å². The molecule has 0 unspecified atom stereocenters.